The van der Waals surface area contributed by atoms with Gasteiger partial charge in [-0.2, -0.15) is 0 Å². The van der Waals surface area contributed by atoms with Gasteiger partial charge in [0.1, 0.15) is 11.6 Å². The zero-order chi connectivity index (χ0) is 16.7. The SMILES string of the molecule is Cn1c(Nc2ccc(Br)cc2F)c2c(c(I)c1=O)CCNC2=O. The van der Waals surface area contributed by atoms with Gasteiger partial charge in [-0.15, -0.1) is 0 Å². The predicted octanol–water partition coefficient (Wildman–Crippen LogP) is 2.92. The average molecular weight is 492 g/mol. The Labute approximate surface area is 153 Å². The summed E-state index contributed by atoms with van der Waals surface area (Å²) in [4.78, 5) is 24.7. The van der Waals surface area contributed by atoms with E-state index >= 15 is 0 Å². The molecule has 2 N–H and O–H groups in total. The topological polar surface area (TPSA) is 63.1 Å². The summed E-state index contributed by atoms with van der Waals surface area (Å²) in [5.41, 5.74) is 1.09. The first-order chi connectivity index (χ1) is 10.9. The molecule has 8 heteroatoms. The highest BCUT2D eigenvalue weighted by molar-refractivity contribution is 14.1. The molecular weight excluding hydrogens is 480 g/mol. The number of aromatic nitrogens is 1. The van der Waals surface area contributed by atoms with Crippen molar-refractivity contribution in [2.75, 3.05) is 11.9 Å². The first-order valence-electron chi connectivity index (χ1n) is 6.81. The number of rotatable bonds is 2. The number of carbonyl (C=O) groups excluding carboxylic acids is 1. The summed E-state index contributed by atoms with van der Waals surface area (Å²) in [5, 5.41) is 5.66. The molecule has 1 aliphatic rings. The van der Waals surface area contributed by atoms with Crippen LogP contribution in [-0.4, -0.2) is 17.0 Å². The third-order valence-electron chi connectivity index (χ3n) is 3.70. The van der Waals surface area contributed by atoms with Gasteiger partial charge in [-0.05, 0) is 52.8 Å². The van der Waals surface area contributed by atoms with Crippen LogP contribution >= 0.6 is 38.5 Å². The van der Waals surface area contributed by atoms with Crippen LogP contribution in [0.2, 0.25) is 0 Å². The van der Waals surface area contributed by atoms with Crippen LogP contribution in [0.15, 0.2) is 27.5 Å². The number of anilines is 2. The lowest BCUT2D eigenvalue weighted by atomic mass is 10.0. The molecule has 3 rings (SSSR count). The molecular formula is C15H12BrFIN3O2. The summed E-state index contributed by atoms with van der Waals surface area (Å²) in [5.74, 6) is -0.445. The summed E-state index contributed by atoms with van der Waals surface area (Å²) in [6, 6.07) is 4.55. The van der Waals surface area contributed by atoms with E-state index in [-0.39, 0.29) is 17.2 Å². The second kappa shape index (κ2) is 6.23. The Bertz CT molecular complexity index is 882. The molecule has 2 aromatic rings. The van der Waals surface area contributed by atoms with Crippen molar-refractivity contribution in [1.29, 1.82) is 0 Å². The zero-order valence-electron chi connectivity index (χ0n) is 12.0. The Kier molecular flexibility index (Phi) is 4.45. The van der Waals surface area contributed by atoms with E-state index in [1.807, 2.05) is 22.6 Å². The van der Waals surface area contributed by atoms with Gasteiger partial charge in [0, 0.05) is 18.1 Å². The lowest BCUT2D eigenvalue weighted by molar-refractivity contribution is 0.0946. The molecule has 1 aromatic carbocycles. The minimum Gasteiger partial charge on any atom is -0.352 e. The van der Waals surface area contributed by atoms with Crippen molar-refractivity contribution in [2.45, 2.75) is 6.42 Å². The highest BCUT2D eigenvalue weighted by Crippen LogP contribution is 2.29. The first kappa shape index (κ1) is 16.4. The van der Waals surface area contributed by atoms with E-state index in [1.54, 1.807) is 19.2 Å². The van der Waals surface area contributed by atoms with E-state index in [0.29, 0.717) is 38.0 Å². The van der Waals surface area contributed by atoms with Crippen LogP contribution in [0, 0.1) is 9.39 Å². The van der Waals surface area contributed by atoms with Crippen molar-refractivity contribution in [3.05, 3.63) is 53.5 Å². The number of benzene rings is 1. The molecule has 2 heterocycles. The van der Waals surface area contributed by atoms with Crippen LogP contribution in [0.1, 0.15) is 15.9 Å². The van der Waals surface area contributed by atoms with E-state index in [2.05, 4.69) is 26.6 Å². The lowest BCUT2D eigenvalue weighted by Gasteiger charge is -2.23. The number of halogens is 3. The maximum Gasteiger partial charge on any atom is 0.265 e. The normalized spacial score (nSPS) is 13.5. The van der Waals surface area contributed by atoms with E-state index in [9.17, 15) is 14.0 Å². The third-order valence-corrected chi connectivity index (χ3v) is 5.31. The maximum atomic E-state index is 14.1. The Hall–Kier alpha value is -1.42. The summed E-state index contributed by atoms with van der Waals surface area (Å²) < 4.78 is 16.6. The van der Waals surface area contributed by atoms with E-state index in [4.69, 9.17) is 0 Å². The van der Waals surface area contributed by atoms with E-state index in [1.165, 1.54) is 10.6 Å². The largest absolute Gasteiger partial charge is 0.352 e. The molecule has 120 valence electrons. The zero-order valence-corrected chi connectivity index (χ0v) is 15.8. The van der Waals surface area contributed by atoms with Crippen LogP contribution in [0.25, 0.3) is 0 Å². The highest BCUT2D eigenvalue weighted by Gasteiger charge is 2.27. The van der Waals surface area contributed by atoms with Crippen molar-refractivity contribution in [3.63, 3.8) is 0 Å². The van der Waals surface area contributed by atoms with Gasteiger partial charge in [0.2, 0.25) is 0 Å². The van der Waals surface area contributed by atoms with Gasteiger partial charge in [-0.1, -0.05) is 15.9 Å². The molecule has 0 saturated heterocycles. The van der Waals surface area contributed by atoms with Gasteiger partial charge in [0.25, 0.3) is 11.5 Å². The molecule has 0 fully saturated rings. The Morgan fingerprint density at radius 1 is 1.39 bits per heavy atom. The summed E-state index contributed by atoms with van der Waals surface area (Å²) in [6.07, 6.45) is 0.576. The second-order valence-corrected chi connectivity index (χ2v) is 7.13. The van der Waals surface area contributed by atoms with Crippen molar-refractivity contribution in [3.8, 4) is 0 Å². The second-order valence-electron chi connectivity index (χ2n) is 5.14. The number of pyridine rings is 1. The number of hydrogen-bond donors (Lipinski definition) is 2. The molecule has 0 aliphatic carbocycles. The van der Waals surface area contributed by atoms with Crippen LogP contribution in [0.3, 0.4) is 0 Å². The standard InChI is InChI=1S/C15H12BrFIN3O2/c1-21-13(20-10-3-2-7(16)6-9(10)17)11-8(12(18)15(21)23)4-5-19-14(11)22/h2-3,6,20H,4-5H2,1H3,(H,19,22). The van der Waals surface area contributed by atoms with Gasteiger partial charge >= 0.3 is 0 Å². The Morgan fingerprint density at radius 2 is 2.13 bits per heavy atom. The van der Waals surface area contributed by atoms with Gasteiger partial charge in [0.05, 0.1) is 14.8 Å². The molecule has 1 aromatic heterocycles. The van der Waals surface area contributed by atoms with Crippen molar-refractivity contribution >= 4 is 55.9 Å². The van der Waals surface area contributed by atoms with E-state index < -0.39 is 5.82 Å². The number of amides is 1. The molecule has 1 aliphatic heterocycles. The van der Waals surface area contributed by atoms with Gasteiger partial charge < -0.3 is 10.6 Å². The van der Waals surface area contributed by atoms with Crippen molar-refractivity contribution in [1.82, 2.24) is 9.88 Å². The Balaban J connectivity index is 2.21. The van der Waals surface area contributed by atoms with Gasteiger partial charge in [0.15, 0.2) is 0 Å². The maximum absolute atomic E-state index is 14.1. The monoisotopic (exact) mass is 491 g/mol. The molecule has 0 atom stereocenters. The highest BCUT2D eigenvalue weighted by atomic mass is 127. The van der Waals surface area contributed by atoms with Crippen LogP contribution in [0.5, 0.6) is 0 Å². The van der Waals surface area contributed by atoms with Crippen LogP contribution in [-0.2, 0) is 13.5 Å². The predicted molar refractivity (Wildman–Crippen MR) is 97.8 cm³/mol. The quantitative estimate of drug-likeness (QED) is 0.635. The fourth-order valence-corrected chi connectivity index (χ4v) is 3.77. The van der Waals surface area contributed by atoms with Crippen LogP contribution in [0.4, 0.5) is 15.9 Å². The van der Waals surface area contributed by atoms with Crippen molar-refractivity contribution < 1.29 is 9.18 Å². The average Bonchev–Trinajstić information content (AvgIpc) is 2.51. The summed E-state index contributed by atoms with van der Waals surface area (Å²) in [7, 11) is 1.56. The third kappa shape index (κ3) is 2.89. The summed E-state index contributed by atoms with van der Waals surface area (Å²) in [6.45, 7) is 0.487. The van der Waals surface area contributed by atoms with Gasteiger partial charge in [-0.3, -0.25) is 14.2 Å². The molecule has 5 nitrogen and oxygen atoms in total. The molecule has 0 unspecified atom stereocenters. The number of nitrogens with one attached hydrogen (secondary N) is 2. The minimum atomic E-state index is -0.477. The molecule has 0 saturated carbocycles. The number of fused-ring (bicyclic) bond motifs is 1. The van der Waals surface area contributed by atoms with Crippen molar-refractivity contribution in [2.24, 2.45) is 7.05 Å². The smallest absolute Gasteiger partial charge is 0.265 e. The number of nitrogens with zero attached hydrogens (tertiary/aromatic N) is 1. The minimum absolute atomic E-state index is 0.199. The molecule has 23 heavy (non-hydrogen) atoms. The van der Waals surface area contributed by atoms with Gasteiger partial charge in [-0.25, -0.2) is 4.39 Å². The fourth-order valence-electron chi connectivity index (χ4n) is 2.53. The summed E-state index contributed by atoms with van der Waals surface area (Å²) >= 11 is 5.16. The number of carbonyl (C=O) groups is 1. The molecule has 0 radical (unpaired) electrons. The molecule has 0 bridgehead atoms. The number of hydrogen-bond acceptors (Lipinski definition) is 3. The molecule has 1 amide bonds. The Morgan fingerprint density at radius 3 is 2.83 bits per heavy atom. The molecule has 0 spiro atoms. The first-order valence-corrected chi connectivity index (χ1v) is 8.69. The fraction of sp³-hybridized carbons (Fsp3) is 0.200. The van der Waals surface area contributed by atoms with E-state index in [0.717, 1.165) is 0 Å². The van der Waals surface area contributed by atoms with Crippen LogP contribution < -0.4 is 16.2 Å². The lowest BCUT2D eigenvalue weighted by Crippen LogP contribution is -2.37.